The summed E-state index contributed by atoms with van der Waals surface area (Å²) in [6, 6.07) is 0.701. The van der Waals surface area contributed by atoms with E-state index in [4.69, 9.17) is 10.8 Å². The normalized spacial score (nSPS) is 34.4. The summed E-state index contributed by atoms with van der Waals surface area (Å²) in [5.74, 6) is -0.773. The summed E-state index contributed by atoms with van der Waals surface area (Å²) in [6.07, 6.45) is 4.53. The molecule has 2 fully saturated rings. The van der Waals surface area contributed by atoms with Crippen molar-refractivity contribution in [2.45, 2.75) is 43.7 Å². The molecule has 1 unspecified atom stereocenters. The van der Waals surface area contributed by atoms with E-state index in [1.165, 1.54) is 12.8 Å². The van der Waals surface area contributed by atoms with Crippen LogP contribution in [0.1, 0.15) is 32.1 Å². The maximum Gasteiger partial charge on any atom is 0.305 e. The average Bonchev–Trinajstić information content (AvgIpc) is 2.83. The van der Waals surface area contributed by atoms with Crippen LogP contribution in [0.15, 0.2) is 0 Å². The van der Waals surface area contributed by atoms with E-state index in [0.29, 0.717) is 6.04 Å². The van der Waals surface area contributed by atoms with Crippen molar-refractivity contribution < 1.29 is 9.90 Å². The molecule has 4 heteroatoms. The molecule has 0 bridgehead atoms. The fraction of sp³-hybridized carbons (Fsp3) is 0.900. The Labute approximate surface area is 84.1 Å². The number of hydrogen-bond donors (Lipinski definition) is 2. The molecule has 14 heavy (non-hydrogen) atoms. The Morgan fingerprint density at radius 1 is 1.57 bits per heavy atom. The van der Waals surface area contributed by atoms with Gasteiger partial charge in [0.25, 0.3) is 0 Å². The van der Waals surface area contributed by atoms with Crippen LogP contribution in [0.25, 0.3) is 0 Å². The summed E-state index contributed by atoms with van der Waals surface area (Å²) in [6.45, 7) is 1.87. The molecular formula is C10H18N2O2. The highest BCUT2D eigenvalue weighted by atomic mass is 16.4. The van der Waals surface area contributed by atoms with Gasteiger partial charge < -0.3 is 10.8 Å². The maximum absolute atomic E-state index is 10.7. The molecule has 2 aliphatic rings. The maximum atomic E-state index is 10.7. The molecule has 0 aromatic carbocycles. The molecular weight excluding hydrogens is 180 g/mol. The van der Waals surface area contributed by atoms with Crippen LogP contribution in [0.3, 0.4) is 0 Å². The van der Waals surface area contributed by atoms with Crippen LogP contribution in [-0.4, -0.2) is 40.6 Å². The lowest BCUT2D eigenvalue weighted by atomic mass is 9.87. The summed E-state index contributed by atoms with van der Waals surface area (Å²) in [5, 5.41) is 8.77. The Kier molecular flexibility index (Phi) is 2.49. The Balaban J connectivity index is 1.93. The zero-order valence-electron chi connectivity index (χ0n) is 8.41. The number of hydrogen-bond acceptors (Lipinski definition) is 3. The van der Waals surface area contributed by atoms with Crippen molar-refractivity contribution in [2.75, 3.05) is 13.1 Å². The summed E-state index contributed by atoms with van der Waals surface area (Å²) in [4.78, 5) is 13.0. The summed E-state index contributed by atoms with van der Waals surface area (Å²) < 4.78 is 0. The largest absolute Gasteiger partial charge is 0.481 e. The van der Waals surface area contributed by atoms with Gasteiger partial charge in [-0.05, 0) is 32.2 Å². The second-order valence-corrected chi connectivity index (χ2v) is 4.74. The molecule has 4 nitrogen and oxygen atoms in total. The van der Waals surface area contributed by atoms with Crippen LogP contribution < -0.4 is 5.73 Å². The van der Waals surface area contributed by atoms with Crippen LogP contribution in [0.4, 0.5) is 0 Å². The minimum absolute atomic E-state index is 0.107. The van der Waals surface area contributed by atoms with E-state index < -0.39 is 11.5 Å². The summed E-state index contributed by atoms with van der Waals surface area (Å²) in [7, 11) is 0. The van der Waals surface area contributed by atoms with Crippen LogP contribution in [0.2, 0.25) is 0 Å². The zero-order chi connectivity index (χ0) is 10.2. The first-order valence-electron chi connectivity index (χ1n) is 5.34. The highest BCUT2D eigenvalue weighted by Crippen LogP contribution is 2.32. The van der Waals surface area contributed by atoms with Crippen molar-refractivity contribution in [1.82, 2.24) is 4.90 Å². The van der Waals surface area contributed by atoms with Gasteiger partial charge in [0.1, 0.15) is 0 Å². The SMILES string of the molecule is NC1(CC(=O)O)CCCN(C2CC2)C1. The number of aliphatic carboxylic acids is 1. The summed E-state index contributed by atoms with van der Waals surface area (Å²) >= 11 is 0. The second kappa shape index (κ2) is 3.51. The highest BCUT2D eigenvalue weighted by Gasteiger charge is 2.39. The van der Waals surface area contributed by atoms with Gasteiger partial charge in [0.05, 0.1) is 6.42 Å². The third-order valence-corrected chi connectivity index (χ3v) is 3.20. The quantitative estimate of drug-likeness (QED) is 0.689. The van der Waals surface area contributed by atoms with Crippen LogP contribution >= 0.6 is 0 Å². The Bertz CT molecular complexity index is 240. The number of nitrogens with two attached hydrogens (primary N) is 1. The zero-order valence-corrected chi connectivity index (χ0v) is 8.41. The average molecular weight is 198 g/mol. The van der Waals surface area contributed by atoms with Crippen LogP contribution in [0, 0.1) is 0 Å². The molecule has 0 amide bonds. The molecule has 1 saturated carbocycles. The van der Waals surface area contributed by atoms with Crippen molar-refractivity contribution in [3.63, 3.8) is 0 Å². The number of carboxylic acid groups (broad SMARTS) is 1. The van der Waals surface area contributed by atoms with Gasteiger partial charge in [0, 0.05) is 18.1 Å². The van der Waals surface area contributed by atoms with Gasteiger partial charge >= 0.3 is 5.97 Å². The second-order valence-electron chi connectivity index (χ2n) is 4.74. The van der Waals surface area contributed by atoms with Crippen LogP contribution in [0.5, 0.6) is 0 Å². The van der Waals surface area contributed by atoms with Gasteiger partial charge in [-0.3, -0.25) is 9.69 Å². The van der Waals surface area contributed by atoms with Crippen molar-refractivity contribution in [3.05, 3.63) is 0 Å². The Hall–Kier alpha value is -0.610. The highest BCUT2D eigenvalue weighted by molar-refractivity contribution is 5.68. The molecule has 1 aliphatic heterocycles. The predicted molar refractivity (Wildman–Crippen MR) is 53.0 cm³/mol. The molecule has 0 aromatic rings. The first kappa shape index (κ1) is 9.93. The van der Waals surface area contributed by atoms with E-state index in [1.54, 1.807) is 0 Å². The molecule has 0 aromatic heterocycles. The lowest BCUT2D eigenvalue weighted by Crippen LogP contribution is -2.55. The van der Waals surface area contributed by atoms with Crippen molar-refractivity contribution >= 4 is 5.97 Å². The fourth-order valence-corrected chi connectivity index (χ4v) is 2.39. The predicted octanol–water partition coefficient (Wildman–Crippen LogP) is 0.417. The van der Waals surface area contributed by atoms with Crippen molar-refractivity contribution in [1.29, 1.82) is 0 Å². The monoisotopic (exact) mass is 198 g/mol. The summed E-state index contributed by atoms with van der Waals surface area (Å²) in [5.41, 5.74) is 5.61. The fourth-order valence-electron chi connectivity index (χ4n) is 2.39. The molecule has 3 N–H and O–H groups in total. The standard InChI is InChI=1S/C10H18N2O2/c11-10(6-9(13)14)4-1-5-12(7-10)8-2-3-8/h8H,1-7,11H2,(H,13,14). The van der Waals surface area contributed by atoms with E-state index in [1.807, 2.05) is 0 Å². The van der Waals surface area contributed by atoms with E-state index in [-0.39, 0.29) is 6.42 Å². The molecule has 0 spiro atoms. The van der Waals surface area contributed by atoms with Gasteiger partial charge in [-0.1, -0.05) is 0 Å². The van der Waals surface area contributed by atoms with E-state index >= 15 is 0 Å². The van der Waals surface area contributed by atoms with E-state index in [9.17, 15) is 4.79 Å². The third kappa shape index (κ3) is 2.25. The van der Waals surface area contributed by atoms with Gasteiger partial charge in [-0.15, -0.1) is 0 Å². The molecule has 1 atom stereocenters. The number of nitrogens with zero attached hydrogens (tertiary/aromatic N) is 1. The smallest absolute Gasteiger partial charge is 0.305 e. The van der Waals surface area contributed by atoms with Crippen LogP contribution in [-0.2, 0) is 4.79 Å². The first-order chi connectivity index (χ1) is 6.59. The molecule has 2 rings (SSSR count). The molecule has 80 valence electrons. The Morgan fingerprint density at radius 2 is 2.29 bits per heavy atom. The minimum Gasteiger partial charge on any atom is -0.481 e. The van der Waals surface area contributed by atoms with Gasteiger partial charge in [-0.25, -0.2) is 0 Å². The van der Waals surface area contributed by atoms with Gasteiger partial charge in [0.15, 0.2) is 0 Å². The molecule has 1 saturated heterocycles. The first-order valence-corrected chi connectivity index (χ1v) is 5.34. The van der Waals surface area contributed by atoms with Gasteiger partial charge in [-0.2, -0.15) is 0 Å². The topological polar surface area (TPSA) is 66.6 Å². The molecule has 1 aliphatic carbocycles. The lowest BCUT2D eigenvalue weighted by Gasteiger charge is -2.39. The number of piperidine rings is 1. The number of likely N-dealkylation sites (tertiary alicyclic amines) is 1. The Morgan fingerprint density at radius 3 is 2.86 bits per heavy atom. The lowest BCUT2D eigenvalue weighted by molar-refractivity contribution is -0.139. The number of rotatable bonds is 3. The van der Waals surface area contributed by atoms with Crippen molar-refractivity contribution in [3.8, 4) is 0 Å². The number of carbonyl (C=O) groups is 1. The molecule has 1 heterocycles. The number of carboxylic acids is 1. The third-order valence-electron chi connectivity index (χ3n) is 3.20. The minimum atomic E-state index is -0.773. The molecule has 0 radical (unpaired) electrons. The van der Waals surface area contributed by atoms with Crippen molar-refractivity contribution in [2.24, 2.45) is 5.73 Å². The van der Waals surface area contributed by atoms with E-state index in [0.717, 1.165) is 25.9 Å². The van der Waals surface area contributed by atoms with Gasteiger partial charge in [0.2, 0.25) is 0 Å². The van der Waals surface area contributed by atoms with E-state index in [2.05, 4.69) is 4.90 Å².